The van der Waals surface area contributed by atoms with Crippen LogP contribution in [0.15, 0.2) is 35.7 Å². The zero-order valence-electron chi connectivity index (χ0n) is 28.9. The van der Waals surface area contributed by atoms with Crippen LogP contribution in [0.1, 0.15) is 84.7 Å². The number of ether oxygens (including phenoxy) is 3. The van der Waals surface area contributed by atoms with Crippen LogP contribution in [-0.2, 0) is 36.9 Å². The molecule has 1 aromatic heterocycles. The van der Waals surface area contributed by atoms with E-state index < -0.39 is 34.8 Å². The average Bonchev–Trinajstić information content (AvgIpc) is 2.98. The summed E-state index contributed by atoms with van der Waals surface area (Å²) in [6, 6.07) is 3.61. The molecule has 0 spiro atoms. The van der Waals surface area contributed by atoms with Crippen LogP contribution >= 0.6 is 24.8 Å². The first-order valence-corrected chi connectivity index (χ1v) is 16.3. The first-order valence-electron chi connectivity index (χ1n) is 15.4. The van der Waals surface area contributed by atoms with E-state index >= 15 is 0 Å². The highest BCUT2D eigenvalue weighted by Crippen LogP contribution is 2.33. The van der Waals surface area contributed by atoms with E-state index in [1.54, 1.807) is 67.7 Å². The van der Waals surface area contributed by atoms with Crippen LogP contribution in [-0.4, -0.2) is 56.0 Å². The van der Waals surface area contributed by atoms with E-state index in [1.807, 2.05) is 0 Å². The summed E-state index contributed by atoms with van der Waals surface area (Å²) in [5.41, 5.74) is 13.3. The van der Waals surface area contributed by atoms with Crippen LogP contribution in [0.2, 0.25) is 0 Å². The summed E-state index contributed by atoms with van der Waals surface area (Å²) in [6.07, 6.45) is 3.61. The molecule has 0 aliphatic rings. The minimum absolute atomic E-state index is 0.00282. The summed E-state index contributed by atoms with van der Waals surface area (Å²) in [6.45, 7) is 13.9. The van der Waals surface area contributed by atoms with Gasteiger partial charge >= 0.3 is 17.9 Å². The SMILES string of the molecule is CC(=C(CCOC(=O)C(N)Cc1ccc(OC(=O)C(C)(C)C)c(OC(=O)C(C)(C)C)c1)CCC(=S)S)N(C=O)Cc1cnc(C)nc1N. The van der Waals surface area contributed by atoms with E-state index in [1.165, 1.54) is 17.0 Å². The number of carbonyl (C=O) groups is 4. The molecule has 0 saturated heterocycles. The summed E-state index contributed by atoms with van der Waals surface area (Å²) in [7, 11) is 0. The highest BCUT2D eigenvalue weighted by atomic mass is 32.1. The van der Waals surface area contributed by atoms with Gasteiger partial charge in [0.05, 0.1) is 24.0 Å². The zero-order chi connectivity index (χ0) is 36.4. The molecule has 0 fully saturated rings. The maximum Gasteiger partial charge on any atom is 0.323 e. The van der Waals surface area contributed by atoms with Gasteiger partial charge in [0.25, 0.3) is 0 Å². The number of hydrogen-bond acceptors (Lipinski definition) is 12. The molecule has 0 saturated carbocycles. The molecule has 14 heteroatoms. The highest BCUT2D eigenvalue weighted by molar-refractivity contribution is 8.11. The number of allylic oxidation sites excluding steroid dienone is 1. The standard InChI is InChI=1S/C34H47N5O7S2/c1-20(39(19-40)18-24-17-37-21(2)38-29(24)36)23(10-12-28(47)48)13-14-44-30(41)25(35)15-22-9-11-26(45-31(42)33(3,4)5)27(16-22)46-32(43)34(6,7)8/h9,11,16-17,19,25H,10,12-15,18,35H2,1-8H3,(H,47,48)(H2,36,37,38). The van der Waals surface area contributed by atoms with E-state index in [9.17, 15) is 19.2 Å². The lowest BCUT2D eigenvalue weighted by Gasteiger charge is -2.23. The van der Waals surface area contributed by atoms with Gasteiger partial charge < -0.3 is 30.6 Å². The zero-order valence-corrected chi connectivity index (χ0v) is 30.6. The van der Waals surface area contributed by atoms with Crippen molar-refractivity contribution in [1.29, 1.82) is 0 Å². The lowest BCUT2D eigenvalue weighted by Crippen LogP contribution is -2.34. The number of aryl methyl sites for hydroxylation is 1. The summed E-state index contributed by atoms with van der Waals surface area (Å²) < 4.78 is 17.2. The van der Waals surface area contributed by atoms with E-state index in [-0.39, 0.29) is 36.9 Å². The summed E-state index contributed by atoms with van der Waals surface area (Å²) in [5.74, 6) is -0.770. The second kappa shape index (κ2) is 17.5. The van der Waals surface area contributed by atoms with Gasteiger partial charge in [-0.1, -0.05) is 18.3 Å². The van der Waals surface area contributed by atoms with Crippen molar-refractivity contribution in [3.8, 4) is 11.5 Å². The van der Waals surface area contributed by atoms with Crippen molar-refractivity contribution in [2.45, 2.75) is 93.7 Å². The minimum atomic E-state index is -1.05. The number of nitrogens with two attached hydrogens (primary N) is 2. The second-order valence-electron chi connectivity index (χ2n) is 13.4. The quantitative estimate of drug-likeness (QED) is 0.0742. The smallest absolute Gasteiger partial charge is 0.323 e. The number of hydrogen-bond donors (Lipinski definition) is 3. The van der Waals surface area contributed by atoms with Crippen molar-refractivity contribution in [3.05, 3.63) is 52.6 Å². The van der Waals surface area contributed by atoms with Crippen molar-refractivity contribution < 1.29 is 33.4 Å². The molecule has 262 valence electrons. The molecule has 1 amide bonds. The Kier molecular flexibility index (Phi) is 14.7. The topological polar surface area (TPSA) is 177 Å². The molecule has 48 heavy (non-hydrogen) atoms. The molecule has 1 atom stereocenters. The van der Waals surface area contributed by atoms with E-state index in [2.05, 4.69) is 22.6 Å². The monoisotopic (exact) mass is 701 g/mol. The van der Waals surface area contributed by atoms with Gasteiger partial charge in [0, 0.05) is 28.1 Å². The largest absolute Gasteiger partial charge is 0.464 e. The first kappa shape index (κ1) is 40.3. The van der Waals surface area contributed by atoms with Gasteiger partial charge in [-0.05, 0) is 97.9 Å². The van der Waals surface area contributed by atoms with Crippen LogP contribution in [0.5, 0.6) is 11.5 Å². The van der Waals surface area contributed by atoms with Crippen molar-refractivity contribution in [2.75, 3.05) is 12.3 Å². The number of thiol groups is 1. The Morgan fingerprint density at radius 1 is 1.02 bits per heavy atom. The number of esters is 3. The Balaban J connectivity index is 2.18. The van der Waals surface area contributed by atoms with Crippen molar-refractivity contribution in [3.63, 3.8) is 0 Å². The van der Waals surface area contributed by atoms with Crippen molar-refractivity contribution >= 4 is 59.2 Å². The van der Waals surface area contributed by atoms with Crippen LogP contribution in [0.25, 0.3) is 0 Å². The molecule has 1 unspecified atom stereocenters. The number of benzene rings is 1. The van der Waals surface area contributed by atoms with Crippen LogP contribution < -0.4 is 20.9 Å². The predicted octanol–water partition coefficient (Wildman–Crippen LogP) is 5.04. The molecule has 1 heterocycles. The molecule has 2 rings (SSSR count). The molecule has 0 aliphatic heterocycles. The molecular formula is C34H47N5O7S2. The number of carbonyl (C=O) groups excluding carboxylic acids is 4. The molecule has 4 N–H and O–H groups in total. The fraction of sp³-hybridized carbons (Fsp3) is 0.500. The first-order chi connectivity index (χ1) is 22.2. The lowest BCUT2D eigenvalue weighted by atomic mass is 9.97. The van der Waals surface area contributed by atoms with E-state index in [4.69, 9.17) is 37.9 Å². The lowest BCUT2D eigenvalue weighted by molar-refractivity contribution is -0.145. The predicted molar refractivity (Wildman–Crippen MR) is 190 cm³/mol. The minimum Gasteiger partial charge on any atom is -0.464 e. The highest BCUT2D eigenvalue weighted by Gasteiger charge is 2.29. The number of thiocarbonyl (C=S) groups is 1. The molecule has 0 bridgehead atoms. The third kappa shape index (κ3) is 12.6. The third-order valence-corrected chi connectivity index (χ3v) is 7.54. The Labute approximate surface area is 293 Å². The number of aromatic nitrogens is 2. The van der Waals surface area contributed by atoms with Gasteiger partial charge in [-0.3, -0.25) is 19.2 Å². The van der Waals surface area contributed by atoms with Gasteiger partial charge in [0.15, 0.2) is 11.5 Å². The van der Waals surface area contributed by atoms with Gasteiger partial charge in [0.2, 0.25) is 6.41 Å². The molecule has 0 aliphatic carbocycles. The fourth-order valence-corrected chi connectivity index (χ4v) is 4.28. The maximum atomic E-state index is 12.9. The number of amides is 1. The second-order valence-corrected chi connectivity index (χ2v) is 14.8. The number of rotatable bonds is 15. The van der Waals surface area contributed by atoms with Gasteiger partial charge in [-0.25, -0.2) is 9.97 Å². The van der Waals surface area contributed by atoms with Crippen molar-refractivity contribution in [1.82, 2.24) is 14.9 Å². The summed E-state index contributed by atoms with van der Waals surface area (Å²) in [4.78, 5) is 60.1. The van der Waals surface area contributed by atoms with Crippen LogP contribution in [0.4, 0.5) is 5.82 Å². The third-order valence-electron chi connectivity index (χ3n) is 7.11. The number of nitrogen functional groups attached to an aromatic ring is 1. The molecule has 2 aromatic rings. The Hall–Kier alpha value is -3.88. The van der Waals surface area contributed by atoms with Gasteiger partial charge in [0.1, 0.15) is 17.7 Å². The summed E-state index contributed by atoms with van der Waals surface area (Å²) >= 11 is 9.37. The van der Waals surface area contributed by atoms with Gasteiger partial charge in [-0.2, -0.15) is 0 Å². The van der Waals surface area contributed by atoms with Crippen LogP contribution in [0.3, 0.4) is 0 Å². The maximum absolute atomic E-state index is 12.9. The Morgan fingerprint density at radius 2 is 1.62 bits per heavy atom. The van der Waals surface area contributed by atoms with Crippen LogP contribution in [0, 0.1) is 17.8 Å². The fourth-order valence-electron chi connectivity index (χ4n) is 4.07. The molecule has 1 aromatic carbocycles. The number of anilines is 1. The van der Waals surface area contributed by atoms with E-state index in [0.717, 1.165) is 5.57 Å². The Morgan fingerprint density at radius 3 is 2.17 bits per heavy atom. The normalized spacial score (nSPS) is 12.8. The Bertz CT molecular complexity index is 1550. The van der Waals surface area contributed by atoms with E-state index in [0.29, 0.717) is 52.5 Å². The molecule has 12 nitrogen and oxygen atoms in total. The summed E-state index contributed by atoms with van der Waals surface area (Å²) in [5, 5.41) is 0. The van der Waals surface area contributed by atoms with Crippen molar-refractivity contribution in [2.24, 2.45) is 16.6 Å². The average molecular weight is 702 g/mol. The number of nitrogens with zero attached hydrogens (tertiary/aromatic N) is 3. The molecule has 0 radical (unpaired) electrons. The van der Waals surface area contributed by atoms with Gasteiger partial charge in [-0.15, -0.1) is 12.6 Å². The molecular weight excluding hydrogens is 655 g/mol.